The predicted molar refractivity (Wildman–Crippen MR) is 72.5 cm³/mol. The molecule has 2 atom stereocenters. The van der Waals surface area contributed by atoms with Crippen LogP contribution in [0.5, 0.6) is 0 Å². The molecule has 0 bridgehead atoms. The van der Waals surface area contributed by atoms with E-state index in [1.807, 2.05) is 17.8 Å². The Hall–Kier alpha value is -0.550. The summed E-state index contributed by atoms with van der Waals surface area (Å²) in [6, 6.07) is 2.00. The molecule has 6 heteroatoms. The molecule has 0 N–H and O–H groups in total. The summed E-state index contributed by atoms with van der Waals surface area (Å²) < 4.78 is 24.8. The van der Waals surface area contributed by atoms with Crippen molar-refractivity contribution in [3.8, 4) is 0 Å². The SMILES string of the molecule is Cn1nccc1CCC(CCl)C1CCS(=O)(=O)C1. The number of halogens is 1. The van der Waals surface area contributed by atoms with Gasteiger partial charge in [-0.1, -0.05) is 0 Å². The van der Waals surface area contributed by atoms with Crippen molar-refractivity contribution in [3.05, 3.63) is 18.0 Å². The smallest absolute Gasteiger partial charge is 0.150 e. The second-order valence-electron chi connectivity index (χ2n) is 5.06. The molecule has 0 aromatic carbocycles. The molecule has 0 saturated carbocycles. The van der Waals surface area contributed by atoms with E-state index in [1.54, 1.807) is 6.20 Å². The zero-order valence-electron chi connectivity index (χ0n) is 10.5. The van der Waals surface area contributed by atoms with Crippen molar-refractivity contribution in [1.82, 2.24) is 9.78 Å². The maximum absolute atomic E-state index is 11.5. The molecular formula is C12H19ClN2O2S. The lowest BCUT2D eigenvalue weighted by Crippen LogP contribution is -2.19. The van der Waals surface area contributed by atoms with Gasteiger partial charge in [-0.15, -0.1) is 11.6 Å². The van der Waals surface area contributed by atoms with E-state index in [9.17, 15) is 8.42 Å². The number of aryl methyl sites for hydroxylation is 2. The molecule has 18 heavy (non-hydrogen) atoms. The van der Waals surface area contributed by atoms with Gasteiger partial charge in [0.05, 0.1) is 11.5 Å². The standard InChI is InChI=1S/C12H19ClN2O2S/c1-15-12(4-6-14-15)3-2-10(8-13)11-5-7-18(16,17)9-11/h4,6,10-11H,2-3,5,7-9H2,1H3. The van der Waals surface area contributed by atoms with Gasteiger partial charge in [0, 0.05) is 24.8 Å². The van der Waals surface area contributed by atoms with Crippen LogP contribution in [0.1, 0.15) is 18.5 Å². The van der Waals surface area contributed by atoms with Crippen molar-refractivity contribution in [2.24, 2.45) is 18.9 Å². The maximum Gasteiger partial charge on any atom is 0.150 e. The first-order chi connectivity index (χ1) is 8.52. The fourth-order valence-electron chi connectivity index (χ4n) is 2.61. The van der Waals surface area contributed by atoms with Gasteiger partial charge in [0.15, 0.2) is 9.84 Å². The van der Waals surface area contributed by atoms with Crippen LogP contribution >= 0.6 is 11.6 Å². The molecule has 4 nitrogen and oxygen atoms in total. The van der Waals surface area contributed by atoms with Crippen molar-refractivity contribution in [2.75, 3.05) is 17.4 Å². The molecule has 1 aliphatic heterocycles. The average Bonchev–Trinajstić information content (AvgIpc) is 2.87. The molecule has 1 aromatic heterocycles. The number of rotatable bonds is 5. The summed E-state index contributed by atoms with van der Waals surface area (Å²) in [5, 5.41) is 4.13. The number of hydrogen-bond acceptors (Lipinski definition) is 3. The van der Waals surface area contributed by atoms with Crippen molar-refractivity contribution in [3.63, 3.8) is 0 Å². The van der Waals surface area contributed by atoms with Crippen molar-refractivity contribution in [1.29, 1.82) is 0 Å². The normalized spacial score (nSPS) is 24.2. The second kappa shape index (κ2) is 5.61. The van der Waals surface area contributed by atoms with E-state index in [1.165, 1.54) is 5.69 Å². The zero-order valence-corrected chi connectivity index (χ0v) is 12.1. The lowest BCUT2D eigenvalue weighted by atomic mass is 9.89. The van der Waals surface area contributed by atoms with Crippen LogP contribution in [-0.4, -0.2) is 35.6 Å². The van der Waals surface area contributed by atoms with Crippen LogP contribution in [-0.2, 0) is 23.3 Å². The minimum Gasteiger partial charge on any atom is -0.273 e. The fraction of sp³-hybridized carbons (Fsp3) is 0.750. The topological polar surface area (TPSA) is 52.0 Å². The van der Waals surface area contributed by atoms with E-state index in [-0.39, 0.29) is 5.92 Å². The van der Waals surface area contributed by atoms with E-state index in [0.29, 0.717) is 23.3 Å². The van der Waals surface area contributed by atoms with Crippen molar-refractivity contribution >= 4 is 21.4 Å². The Bertz CT molecular complexity index is 498. The van der Waals surface area contributed by atoms with Gasteiger partial charge < -0.3 is 0 Å². The zero-order chi connectivity index (χ0) is 13.2. The van der Waals surface area contributed by atoms with Gasteiger partial charge in [0.25, 0.3) is 0 Å². The fourth-order valence-corrected chi connectivity index (χ4v) is 4.94. The van der Waals surface area contributed by atoms with Gasteiger partial charge in [0.1, 0.15) is 0 Å². The molecular weight excluding hydrogens is 272 g/mol. The van der Waals surface area contributed by atoms with E-state index < -0.39 is 9.84 Å². The van der Waals surface area contributed by atoms with Crippen LogP contribution in [0.2, 0.25) is 0 Å². The molecule has 102 valence electrons. The summed E-state index contributed by atoms with van der Waals surface area (Å²) in [6.07, 6.45) is 4.39. The summed E-state index contributed by atoms with van der Waals surface area (Å²) >= 11 is 6.00. The van der Waals surface area contributed by atoms with Gasteiger partial charge in [0.2, 0.25) is 0 Å². The highest BCUT2D eigenvalue weighted by atomic mass is 35.5. The third-order valence-corrected chi connectivity index (χ3v) is 6.02. The van der Waals surface area contributed by atoms with Gasteiger partial charge in [-0.25, -0.2) is 8.42 Å². The van der Waals surface area contributed by atoms with Crippen LogP contribution in [0.25, 0.3) is 0 Å². The minimum atomic E-state index is -2.81. The molecule has 2 rings (SSSR count). The van der Waals surface area contributed by atoms with Crippen LogP contribution in [0.4, 0.5) is 0 Å². The van der Waals surface area contributed by atoms with Crippen LogP contribution in [0, 0.1) is 11.8 Å². The molecule has 1 fully saturated rings. The van der Waals surface area contributed by atoms with E-state index in [2.05, 4.69) is 5.10 Å². The molecule has 2 heterocycles. The van der Waals surface area contributed by atoms with Gasteiger partial charge >= 0.3 is 0 Å². The molecule has 2 unspecified atom stereocenters. The average molecular weight is 291 g/mol. The molecule has 0 spiro atoms. The van der Waals surface area contributed by atoms with Gasteiger partial charge in [-0.05, 0) is 37.2 Å². The largest absolute Gasteiger partial charge is 0.273 e. The predicted octanol–water partition coefficient (Wildman–Crippen LogP) is 1.64. The molecule has 1 saturated heterocycles. The number of aromatic nitrogens is 2. The monoisotopic (exact) mass is 290 g/mol. The highest BCUT2D eigenvalue weighted by molar-refractivity contribution is 7.91. The summed E-state index contributed by atoms with van der Waals surface area (Å²) in [6.45, 7) is 0. The number of alkyl halides is 1. The quantitative estimate of drug-likeness (QED) is 0.775. The second-order valence-corrected chi connectivity index (χ2v) is 7.60. The third-order valence-electron chi connectivity index (χ3n) is 3.83. The highest BCUT2D eigenvalue weighted by Gasteiger charge is 2.33. The lowest BCUT2D eigenvalue weighted by molar-refractivity contribution is 0.373. The first-order valence-electron chi connectivity index (χ1n) is 6.25. The van der Waals surface area contributed by atoms with E-state index >= 15 is 0 Å². The van der Waals surface area contributed by atoms with Crippen molar-refractivity contribution < 1.29 is 8.42 Å². The summed E-state index contributed by atoms with van der Waals surface area (Å²) in [5.74, 6) is 1.71. The van der Waals surface area contributed by atoms with Crippen LogP contribution < -0.4 is 0 Å². The molecule has 1 aliphatic rings. The van der Waals surface area contributed by atoms with Gasteiger partial charge in [-0.3, -0.25) is 4.68 Å². The Morgan fingerprint density at radius 2 is 2.39 bits per heavy atom. The van der Waals surface area contributed by atoms with Crippen molar-refractivity contribution in [2.45, 2.75) is 19.3 Å². The van der Waals surface area contributed by atoms with Gasteiger partial charge in [-0.2, -0.15) is 5.10 Å². The summed E-state index contributed by atoms with van der Waals surface area (Å²) in [5.41, 5.74) is 1.17. The Morgan fingerprint density at radius 3 is 2.89 bits per heavy atom. The minimum absolute atomic E-state index is 0.237. The number of hydrogen-bond donors (Lipinski definition) is 0. The van der Waals surface area contributed by atoms with E-state index in [4.69, 9.17) is 11.6 Å². The Morgan fingerprint density at radius 1 is 1.61 bits per heavy atom. The molecule has 1 aromatic rings. The first-order valence-corrected chi connectivity index (χ1v) is 8.60. The summed E-state index contributed by atoms with van der Waals surface area (Å²) in [4.78, 5) is 0. The highest BCUT2D eigenvalue weighted by Crippen LogP contribution is 2.30. The first kappa shape index (κ1) is 13.9. The molecule has 0 radical (unpaired) electrons. The Kier molecular flexibility index (Phi) is 4.33. The lowest BCUT2D eigenvalue weighted by Gasteiger charge is -2.19. The Balaban J connectivity index is 1.92. The third kappa shape index (κ3) is 3.26. The molecule has 0 aliphatic carbocycles. The van der Waals surface area contributed by atoms with Crippen LogP contribution in [0.3, 0.4) is 0 Å². The number of sulfone groups is 1. The number of nitrogens with zero attached hydrogens (tertiary/aromatic N) is 2. The Labute approximate surface area is 113 Å². The van der Waals surface area contributed by atoms with E-state index in [0.717, 1.165) is 19.3 Å². The van der Waals surface area contributed by atoms with Crippen LogP contribution in [0.15, 0.2) is 12.3 Å². The molecule has 0 amide bonds. The summed E-state index contributed by atoms with van der Waals surface area (Å²) in [7, 11) is -0.885. The maximum atomic E-state index is 11.5.